The van der Waals surface area contributed by atoms with E-state index in [0.29, 0.717) is 19.4 Å². The molecule has 0 aliphatic carbocycles. The molecule has 0 bridgehead atoms. The molecule has 1 heterocycles. The normalized spacial score (nSPS) is 20.7. The maximum Gasteiger partial charge on any atom is 0.410 e. The highest BCUT2D eigenvalue weighted by atomic mass is 19.1. The molecule has 0 spiro atoms. The van der Waals surface area contributed by atoms with Crippen molar-refractivity contribution in [2.75, 3.05) is 6.54 Å². The first-order valence-corrected chi connectivity index (χ1v) is 7.71. The number of aliphatic hydroxyl groups is 1. The van der Waals surface area contributed by atoms with Crippen molar-refractivity contribution in [3.05, 3.63) is 35.6 Å². The van der Waals surface area contributed by atoms with Gasteiger partial charge < -0.3 is 14.7 Å². The molecular weight excluding hydrogens is 285 g/mol. The highest BCUT2D eigenvalue weighted by molar-refractivity contribution is 5.69. The first-order valence-electron chi connectivity index (χ1n) is 7.71. The van der Waals surface area contributed by atoms with Crippen LogP contribution in [0.3, 0.4) is 0 Å². The highest BCUT2D eigenvalue weighted by Gasteiger charge is 2.31. The average molecular weight is 309 g/mol. The van der Waals surface area contributed by atoms with Crippen molar-refractivity contribution in [1.29, 1.82) is 0 Å². The quantitative estimate of drug-likeness (QED) is 0.903. The lowest BCUT2D eigenvalue weighted by molar-refractivity contribution is -0.00600. The van der Waals surface area contributed by atoms with E-state index >= 15 is 0 Å². The molecule has 4 nitrogen and oxygen atoms in total. The summed E-state index contributed by atoms with van der Waals surface area (Å²) in [5, 5.41) is 9.74. The minimum Gasteiger partial charge on any atom is -0.446 e. The maximum absolute atomic E-state index is 13.0. The lowest BCUT2D eigenvalue weighted by Gasteiger charge is -2.36. The Morgan fingerprint density at radius 2 is 2.05 bits per heavy atom. The number of halogens is 1. The van der Waals surface area contributed by atoms with E-state index in [9.17, 15) is 14.3 Å². The van der Waals surface area contributed by atoms with E-state index in [1.165, 1.54) is 12.1 Å². The molecule has 2 atom stereocenters. The monoisotopic (exact) mass is 309 g/mol. The number of hydrogen-bond donors (Lipinski definition) is 1. The van der Waals surface area contributed by atoms with Gasteiger partial charge in [0.25, 0.3) is 0 Å². The van der Waals surface area contributed by atoms with Crippen molar-refractivity contribution in [2.24, 2.45) is 0 Å². The van der Waals surface area contributed by atoms with E-state index in [-0.39, 0.29) is 24.1 Å². The zero-order valence-corrected chi connectivity index (χ0v) is 13.4. The van der Waals surface area contributed by atoms with Gasteiger partial charge >= 0.3 is 6.09 Å². The van der Waals surface area contributed by atoms with Gasteiger partial charge in [0.1, 0.15) is 11.9 Å². The minimum atomic E-state index is -0.745. The van der Waals surface area contributed by atoms with Gasteiger partial charge in [-0.25, -0.2) is 9.18 Å². The summed E-state index contributed by atoms with van der Waals surface area (Å²) in [5.41, 5.74) is 0.138. The van der Waals surface area contributed by atoms with Gasteiger partial charge in [0.05, 0.1) is 11.6 Å². The summed E-state index contributed by atoms with van der Waals surface area (Å²) in [7, 11) is 0. The Morgan fingerprint density at radius 1 is 1.41 bits per heavy atom. The minimum absolute atomic E-state index is 0.143. The van der Waals surface area contributed by atoms with Crippen molar-refractivity contribution in [1.82, 2.24) is 4.90 Å². The molecule has 2 rings (SSSR count). The Hall–Kier alpha value is -1.62. The molecule has 5 heteroatoms. The Kier molecular flexibility index (Phi) is 5.06. The number of hydrogen-bond acceptors (Lipinski definition) is 3. The summed E-state index contributed by atoms with van der Waals surface area (Å²) < 4.78 is 18.4. The van der Waals surface area contributed by atoms with Crippen molar-refractivity contribution in [3.8, 4) is 0 Å². The predicted molar refractivity (Wildman–Crippen MR) is 81.9 cm³/mol. The Bertz CT molecular complexity index is 510. The summed E-state index contributed by atoms with van der Waals surface area (Å²) in [5.74, 6) is -0.288. The zero-order chi connectivity index (χ0) is 16.3. The third kappa shape index (κ3) is 4.44. The summed E-state index contributed by atoms with van der Waals surface area (Å²) in [6, 6.07) is 6.02. The molecule has 22 heavy (non-hydrogen) atoms. The summed E-state index contributed by atoms with van der Waals surface area (Å²) in [6.07, 6.45) is 1.51. The van der Waals surface area contributed by atoms with E-state index in [0.717, 1.165) is 12.0 Å². The molecule has 0 radical (unpaired) electrons. The number of rotatable bonds is 5. The van der Waals surface area contributed by atoms with Crippen LogP contribution in [0.2, 0.25) is 0 Å². The number of carbonyl (C=O) groups excluding carboxylic acids is 1. The van der Waals surface area contributed by atoms with Gasteiger partial charge in [0, 0.05) is 13.0 Å². The van der Waals surface area contributed by atoms with E-state index in [2.05, 4.69) is 0 Å². The van der Waals surface area contributed by atoms with E-state index in [1.54, 1.807) is 30.9 Å². The zero-order valence-electron chi connectivity index (χ0n) is 13.4. The van der Waals surface area contributed by atoms with Crippen molar-refractivity contribution < 1.29 is 19.0 Å². The average Bonchev–Trinajstić information content (AvgIpc) is 2.44. The van der Waals surface area contributed by atoms with Crippen molar-refractivity contribution >= 4 is 6.09 Å². The Balaban J connectivity index is 1.93. The van der Waals surface area contributed by atoms with Crippen LogP contribution < -0.4 is 0 Å². The topological polar surface area (TPSA) is 49.8 Å². The summed E-state index contributed by atoms with van der Waals surface area (Å²) in [6.45, 7) is 6.01. The Labute approximate surface area is 130 Å². The van der Waals surface area contributed by atoms with Crippen LogP contribution in [0.15, 0.2) is 24.3 Å². The molecule has 1 fully saturated rings. The summed E-state index contributed by atoms with van der Waals surface area (Å²) >= 11 is 0. The molecule has 1 saturated heterocycles. The number of carbonyl (C=O) groups is 1. The Morgan fingerprint density at radius 3 is 2.59 bits per heavy atom. The number of nitrogens with zero attached hydrogens (tertiary/aromatic N) is 1. The van der Waals surface area contributed by atoms with Crippen LogP contribution in [0.25, 0.3) is 0 Å². The maximum atomic E-state index is 13.0. The van der Waals surface area contributed by atoms with Gasteiger partial charge in [-0.05, 0) is 51.3 Å². The number of ether oxygens (including phenoxy) is 1. The second-order valence-electron chi connectivity index (χ2n) is 6.57. The molecule has 0 saturated carbocycles. The highest BCUT2D eigenvalue weighted by Crippen LogP contribution is 2.27. The van der Waals surface area contributed by atoms with E-state index < -0.39 is 5.60 Å². The first kappa shape index (κ1) is 16.7. The van der Waals surface area contributed by atoms with Crippen LogP contribution in [0.4, 0.5) is 9.18 Å². The lowest BCUT2D eigenvalue weighted by atomic mass is 9.98. The molecule has 122 valence electrons. The van der Waals surface area contributed by atoms with Crippen LogP contribution in [0.5, 0.6) is 0 Å². The second-order valence-corrected chi connectivity index (χ2v) is 6.57. The molecular formula is C17H24FNO3. The molecule has 2 unspecified atom stereocenters. The number of amides is 1. The standard InChI is InChI=1S/C17H24FNO3/c1-12(13-4-6-14(18)7-5-13)19-11-9-15(22-16(19)20)8-10-17(2,3)21/h4-7,12,15,21H,8-11H2,1-3H3. The molecule has 1 amide bonds. The molecule has 0 aromatic heterocycles. The smallest absolute Gasteiger partial charge is 0.410 e. The molecule has 1 aromatic rings. The lowest BCUT2D eigenvalue weighted by Crippen LogP contribution is -2.43. The van der Waals surface area contributed by atoms with Crippen molar-refractivity contribution in [2.45, 2.75) is 57.8 Å². The summed E-state index contributed by atoms with van der Waals surface area (Å²) in [4.78, 5) is 13.8. The van der Waals surface area contributed by atoms with Gasteiger partial charge in [-0.1, -0.05) is 12.1 Å². The van der Waals surface area contributed by atoms with Crippen LogP contribution in [-0.2, 0) is 4.74 Å². The van der Waals surface area contributed by atoms with Crippen molar-refractivity contribution in [3.63, 3.8) is 0 Å². The second kappa shape index (κ2) is 6.65. The van der Waals surface area contributed by atoms with Gasteiger partial charge in [0.2, 0.25) is 0 Å². The van der Waals surface area contributed by atoms with Crippen LogP contribution in [0, 0.1) is 5.82 Å². The molecule has 1 N–H and O–H groups in total. The van der Waals surface area contributed by atoms with Gasteiger partial charge in [-0.15, -0.1) is 0 Å². The molecule has 1 aliphatic heterocycles. The first-order chi connectivity index (χ1) is 10.3. The molecule has 1 aromatic carbocycles. The fourth-order valence-corrected chi connectivity index (χ4v) is 2.63. The SMILES string of the molecule is CC(c1ccc(F)cc1)N1CCC(CCC(C)(C)O)OC1=O. The van der Waals surface area contributed by atoms with Gasteiger partial charge in [-0.2, -0.15) is 0 Å². The third-order valence-corrected chi connectivity index (χ3v) is 4.09. The fourth-order valence-electron chi connectivity index (χ4n) is 2.63. The largest absolute Gasteiger partial charge is 0.446 e. The van der Waals surface area contributed by atoms with Gasteiger partial charge in [0.15, 0.2) is 0 Å². The van der Waals surface area contributed by atoms with E-state index in [1.807, 2.05) is 6.92 Å². The van der Waals surface area contributed by atoms with Crippen LogP contribution in [-0.4, -0.2) is 34.3 Å². The fraction of sp³-hybridized carbons (Fsp3) is 0.588. The predicted octanol–water partition coefficient (Wildman–Crippen LogP) is 3.65. The molecule has 1 aliphatic rings. The third-order valence-electron chi connectivity index (χ3n) is 4.09. The number of cyclic esters (lactones) is 1. The number of benzene rings is 1. The van der Waals surface area contributed by atoms with Crippen LogP contribution >= 0.6 is 0 Å². The van der Waals surface area contributed by atoms with Crippen LogP contribution in [0.1, 0.15) is 51.6 Å². The van der Waals surface area contributed by atoms with E-state index in [4.69, 9.17) is 4.74 Å². The van der Waals surface area contributed by atoms with Gasteiger partial charge in [-0.3, -0.25) is 0 Å².